The SMILES string of the molecule is COCCNCCc1cccc(Nc2ncc3c(n2)-c2ccccc2[C@H](c2ccccc2F)C3)c1.Cl. The highest BCUT2D eigenvalue weighted by atomic mass is 35.5. The van der Waals surface area contributed by atoms with Crippen molar-refractivity contribution in [3.05, 3.63) is 107 Å². The van der Waals surface area contributed by atoms with Crippen molar-refractivity contribution < 1.29 is 9.13 Å². The fraction of sp³-hybridized carbons (Fsp3) is 0.241. The molecule has 0 amide bonds. The van der Waals surface area contributed by atoms with Crippen LogP contribution in [0.3, 0.4) is 0 Å². The highest BCUT2D eigenvalue weighted by Gasteiger charge is 2.28. The van der Waals surface area contributed by atoms with Crippen molar-refractivity contribution in [1.82, 2.24) is 15.3 Å². The number of benzene rings is 3. The summed E-state index contributed by atoms with van der Waals surface area (Å²) in [6.45, 7) is 2.44. The van der Waals surface area contributed by atoms with Crippen LogP contribution < -0.4 is 10.6 Å². The minimum absolute atomic E-state index is 0. The molecule has 0 bridgehead atoms. The number of anilines is 2. The second-order valence-electron chi connectivity index (χ2n) is 8.75. The van der Waals surface area contributed by atoms with Gasteiger partial charge >= 0.3 is 0 Å². The molecule has 1 atom stereocenters. The van der Waals surface area contributed by atoms with E-state index < -0.39 is 0 Å². The lowest BCUT2D eigenvalue weighted by molar-refractivity contribution is 0.199. The molecular formula is C29H30ClFN4O. The summed E-state index contributed by atoms with van der Waals surface area (Å²) in [4.78, 5) is 9.48. The molecule has 0 saturated heterocycles. The molecule has 2 N–H and O–H groups in total. The van der Waals surface area contributed by atoms with E-state index in [2.05, 4.69) is 39.9 Å². The monoisotopic (exact) mass is 504 g/mol. The van der Waals surface area contributed by atoms with Crippen LogP contribution in [0.4, 0.5) is 16.0 Å². The summed E-state index contributed by atoms with van der Waals surface area (Å²) < 4.78 is 19.7. The Kier molecular flexibility index (Phi) is 8.65. The predicted octanol–water partition coefficient (Wildman–Crippen LogP) is 5.91. The lowest BCUT2D eigenvalue weighted by atomic mass is 9.78. The molecule has 0 radical (unpaired) electrons. The number of nitrogens with zero attached hydrogens (tertiary/aromatic N) is 2. The number of nitrogens with one attached hydrogen (secondary N) is 2. The number of hydrogen-bond donors (Lipinski definition) is 2. The second-order valence-corrected chi connectivity index (χ2v) is 8.75. The van der Waals surface area contributed by atoms with Crippen LogP contribution in [-0.4, -0.2) is 36.8 Å². The molecule has 5 rings (SSSR count). The van der Waals surface area contributed by atoms with E-state index in [9.17, 15) is 4.39 Å². The normalized spacial score (nSPS) is 13.9. The van der Waals surface area contributed by atoms with Crippen LogP contribution in [0.2, 0.25) is 0 Å². The summed E-state index contributed by atoms with van der Waals surface area (Å²) in [5.41, 5.74) is 6.95. The number of hydrogen-bond acceptors (Lipinski definition) is 5. The highest BCUT2D eigenvalue weighted by molar-refractivity contribution is 5.85. The molecule has 0 aliphatic heterocycles. The van der Waals surface area contributed by atoms with Gasteiger partial charge in [0.15, 0.2) is 0 Å². The van der Waals surface area contributed by atoms with Gasteiger partial charge in [-0.1, -0.05) is 54.6 Å². The van der Waals surface area contributed by atoms with E-state index in [-0.39, 0.29) is 24.1 Å². The van der Waals surface area contributed by atoms with Crippen LogP contribution in [0.15, 0.2) is 79.0 Å². The van der Waals surface area contributed by atoms with Crippen molar-refractivity contribution in [2.24, 2.45) is 0 Å². The molecule has 5 nitrogen and oxygen atoms in total. The van der Waals surface area contributed by atoms with Crippen LogP contribution in [0.25, 0.3) is 11.3 Å². The Balaban J connectivity index is 0.00000304. The van der Waals surface area contributed by atoms with Gasteiger partial charge in [-0.2, -0.15) is 0 Å². The molecular weight excluding hydrogens is 475 g/mol. The molecule has 0 unspecified atom stereocenters. The van der Waals surface area contributed by atoms with E-state index in [0.717, 1.165) is 47.6 Å². The Labute approximate surface area is 217 Å². The maximum absolute atomic E-state index is 14.7. The quantitative estimate of drug-likeness (QED) is 0.277. The van der Waals surface area contributed by atoms with Gasteiger partial charge in [-0.05, 0) is 59.8 Å². The molecule has 1 aliphatic rings. The minimum Gasteiger partial charge on any atom is -0.383 e. The summed E-state index contributed by atoms with van der Waals surface area (Å²) in [7, 11) is 1.71. The highest BCUT2D eigenvalue weighted by Crippen LogP contribution is 2.42. The van der Waals surface area contributed by atoms with Crippen molar-refractivity contribution in [3.8, 4) is 11.3 Å². The molecule has 1 aliphatic carbocycles. The summed E-state index contributed by atoms with van der Waals surface area (Å²) in [5.74, 6) is 0.318. The molecule has 1 aromatic heterocycles. The Morgan fingerprint density at radius 3 is 2.61 bits per heavy atom. The second kappa shape index (κ2) is 12.1. The lowest BCUT2D eigenvalue weighted by Gasteiger charge is -2.27. The fourth-order valence-electron chi connectivity index (χ4n) is 4.70. The molecule has 4 aromatic rings. The van der Waals surface area contributed by atoms with Crippen molar-refractivity contribution >= 4 is 24.0 Å². The number of halogens is 2. The lowest BCUT2D eigenvalue weighted by Crippen LogP contribution is -2.21. The van der Waals surface area contributed by atoms with Gasteiger partial charge in [0.1, 0.15) is 5.82 Å². The van der Waals surface area contributed by atoms with Crippen LogP contribution in [0.1, 0.15) is 28.2 Å². The number of ether oxygens (including phenoxy) is 1. The van der Waals surface area contributed by atoms with Gasteiger partial charge in [0.05, 0.1) is 12.3 Å². The van der Waals surface area contributed by atoms with Crippen LogP contribution >= 0.6 is 12.4 Å². The maximum Gasteiger partial charge on any atom is 0.227 e. The summed E-state index contributed by atoms with van der Waals surface area (Å²) in [5, 5.41) is 6.74. The summed E-state index contributed by atoms with van der Waals surface area (Å²) >= 11 is 0. The molecule has 36 heavy (non-hydrogen) atoms. The summed E-state index contributed by atoms with van der Waals surface area (Å²) in [6.07, 6.45) is 3.46. The first-order chi connectivity index (χ1) is 17.2. The third-order valence-corrected chi connectivity index (χ3v) is 6.42. The van der Waals surface area contributed by atoms with Crippen molar-refractivity contribution in [2.45, 2.75) is 18.8 Å². The van der Waals surface area contributed by atoms with Gasteiger partial charge < -0.3 is 15.4 Å². The Hall–Kier alpha value is -3.32. The molecule has 186 valence electrons. The van der Waals surface area contributed by atoms with Gasteiger partial charge in [0.2, 0.25) is 5.95 Å². The molecule has 0 fully saturated rings. The molecule has 0 saturated carbocycles. The Morgan fingerprint density at radius 1 is 0.972 bits per heavy atom. The van der Waals surface area contributed by atoms with E-state index in [1.807, 2.05) is 42.6 Å². The van der Waals surface area contributed by atoms with Crippen LogP contribution in [0, 0.1) is 5.82 Å². The smallest absolute Gasteiger partial charge is 0.227 e. The standard InChI is InChI=1S/C29H29FN4O.ClH/c1-35-16-15-31-14-13-20-7-6-8-22(17-20)33-29-32-19-21-18-26(24-10-4-5-12-27(24)30)23-9-2-3-11-25(23)28(21)34-29;/h2-12,17,19,26,31H,13-16,18H2,1H3,(H,32,33,34);1H/t26-;/m1./s1. The first-order valence-electron chi connectivity index (χ1n) is 12.0. The van der Waals surface area contributed by atoms with E-state index in [0.29, 0.717) is 24.5 Å². The molecule has 1 heterocycles. The zero-order valence-corrected chi connectivity index (χ0v) is 21.0. The first kappa shape index (κ1) is 25.8. The number of aromatic nitrogens is 2. The summed E-state index contributed by atoms with van der Waals surface area (Å²) in [6, 6.07) is 23.5. The van der Waals surface area contributed by atoms with Crippen molar-refractivity contribution in [3.63, 3.8) is 0 Å². The average molecular weight is 505 g/mol. The van der Waals surface area contributed by atoms with Gasteiger partial charge in [-0.15, -0.1) is 12.4 Å². The Bertz CT molecular complexity index is 1320. The van der Waals surface area contributed by atoms with E-state index in [1.54, 1.807) is 13.2 Å². The van der Waals surface area contributed by atoms with E-state index in [1.165, 1.54) is 11.6 Å². The van der Waals surface area contributed by atoms with Gasteiger partial charge in [0.25, 0.3) is 0 Å². The predicted molar refractivity (Wildman–Crippen MR) is 145 cm³/mol. The fourth-order valence-corrected chi connectivity index (χ4v) is 4.70. The van der Waals surface area contributed by atoms with Gasteiger partial charge in [-0.25, -0.2) is 14.4 Å². The number of fused-ring (bicyclic) bond motifs is 3. The maximum atomic E-state index is 14.7. The molecule has 0 spiro atoms. The van der Waals surface area contributed by atoms with Crippen LogP contribution in [-0.2, 0) is 17.6 Å². The van der Waals surface area contributed by atoms with E-state index >= 15 is 0 Å². The Morgan fingerprint density at radius 2 is 1.78 bits per heavy atom. The molecule has 7 heteroatoms. The minimum atomic E-state index is -0.177. The zero-order valence-electron chi connectivity index (χ0n) is 20.2. The van der Waals surface area contributed by atoms with Crippen molar-refractivity contribution in [2.75, 3.05) is 32.1 Å². The zero-order chi connectivity index (χ0) is 24.0. The van der Waals surface area contributed by atoms with Gasteiger partial charge in [0, 0.05) is 37.0 Å². The average Bonchev–Trinajstić information content (AvgIpc) is 2.89. The third kappa shape index (κ3) is 5.73. The van der Waals surface area contributed by atoms with Gasteiger partial charge in [-0.3, -0.25) is 0 Å². The largest absolute Gasteiger partial charge is 0.383 e. The van der Waals surface area contributed by atoms with E-state index in [4.69, 9.17) is 9.72 Å². The molecule has 3 aromatic carbocycles. The number of rotatable bonds is 9. The topological polar surface area (TPSA) is 59.1 Å². The van der Waals surface area contributed by atoms with Crippen LogP contribution in [0.5, 0.6) is 0 Å². The first-order valence-corrected chi connectivity index (χ1v) is 12.0. The third-order valence-electron chi connectivity index (χ3n) is 6.42. The number of methoxy groups -OCH3 is 1. The van der Waals surface area contributed by atoms with Crippen molar-refractivity contribution in [1.29, 1.82) is 0 Å².